The molecule has 0 aliphatic heterocycles. The molecule has 0 aliphatic rings. The Labute approximate surface area is 101 Å². The van der Waals surface area contributed by atoms with Gasteiger partial charge in [0.2, 0.25) is 5.52 Å². The summed E-state index contributed by atoms with van der Waals surface area (Å²) in [4.78, 5) is 17.1. The van der Waals surface area contributed by atoms with E-state index in [4.69, 9.17) is 0 Å². The summed E-state index contributed by atoms with van der Waals surface area (Å²) < 4.78 is 13.2. The van der Waals surface area contributed by atoms with E-state index in [-0.39, 0.29) is 0 Å². The molecule has 3 aromatic heterocycles. The number of rotatable bonds is 3. The SMILES string of the molecule is Fc1nc(NCc2cccnc2)c2[nH]c[nH+]c2n1. The summed E-state index contributed by atoms with van der Waals surface area (Å²) in [7, 11) is 0. The van der Waals surface area contributed by atoms with Crippen molar-refractivity contribution >= 4 is 17.0 Å². The predicted octanol–water partition coefficient (Wildman–Crippen LogP) is 0.918. The molecule has 0 spiro atoms. The van der Waals surface area contributed by atoms with Crippen LogP contribution in [0.2, 0.25) is 0 Å². The molecular weight excluding hydrogens is 235 g/mol. The molecule has 0 saturated heterocycles. The third-order valence-corrected chi connectivity index (χ3v) is 2.49. The molecule has 6 nitrogen and oxygen atoms in total. The summed E-state index contributed by atoms with van der Waals surface area (Å²) in [6.45, 7) is 0.512. The number of aromatic nitrogens is 5. The molecule has 0 fully saturated rings. The Morgan fingerprint density at radius 2 is 2.33 bits per heavy atom. The van der Waals surface area contributed by atoms with Gasteiger partial charge in [-0.2, -0.15) is 4.98 Å². The molecule has 0 saturated carbocycles. The molecule has 3 heterocycles. The van der Waals surface area contributed by atoms with Crippen molar-refractivity contribution in [1.82, 2.24) is 19.9 Å². The molecule has 90 valence electrons. The number of hydrogen-bond donors (Lipinski definition) is 2. The fraction of sp³-hybridized carbons (Fsp3) is 0.0909. The molecule has 0 atom stereocenters. The van der Waals surface area contributed by atoms with E-state index >= 15 is 0 Å². The Kier molecular flexibility index (Phi) is 2.56. The average Bonchev–Trinajstić information content (AvgIpc) is 2.85. The molecule has 18 heavy (non-hydrogen) atoms. The average molecular weight is 245 g/mol. The van der Waals surface area contributed by atoms with Crippen LogP contribution in [-0.4, -0.2) is 19.9 Å². The normalized spacial score (nSPS) is 10.7. The van der Waals surface area contributed by atoms with Gasteiger partial charge in [0.15, 0.2) is 12.1 Å². The first kappa shape index (κ1) is 10.6. The zero-order valence-corrected chi connectivity index (χ0v) is 9.31. The van der Waals surface area contributed by atoms with Crippen molar-refractivity contribution < 1.29 is 9.37 Å². The molecule has 3 rings (SSSR count). The van der Waals surface area contributed by atoms with Gasteiger partial charge in [0, 0.05) is 18.9 Å². The fourth-order valence-corrected chi connectivity index (χ4v) is 1.67. The van der Waals surface area contributed by atoms with Crippen molar-refractivity contribution in [2.24, 2.45) is 0 Å². The van der Waals surface area contributed by atoms with Crippen LogP contribution in [0.5, 0.6) is 0 Å². The van der Waals surface area contributed by atoms with Crippen LogP contribution in [0.15, 0.2) is 30.9 Å². The number of imidazole rings is 1. The minimum atomic E-state index is -0.771. The Bertz CT molecular complexity index is 666. The van der Waals surface area contributed by atoms with Crippen LogP contribution >= 0.6 is 0 Å². The minimum absolute atomic E-state index is 0.419. The second-order valence-electron chi connectivity index (χ2n) is 3.71. The minimum Gasteiger partial charge on any atom is -0.363 e. The van der Waals surface area contributed by atoms with Gasteiger partial charge in [-0.05, 0) is 16.6 Å². The summed E-state index contributed by atoms with van der Waals surface area (Å²) in [5.74, 6) is 0.419. The lowest BCUT2D eigenvalue weighted by atomic mass is 10.3. The molecule has 0 aromatic carbocycles. The maximum absolute atomic E-state index is 13.2. The van der Waals surface area contributed by atoms with Crippen LogP contribution in [0.1, 0.15) is 5.56 Å². The van der Waals surface area contributed by atoms with Crippen LogP contribution in [0, 0.1) is 6.08 Å². The van der Waals surface area contributed by atoms with E-state index in [2.05, 4.69) is 30.2 Å². The Morgan fingerprint density at radius 1 is 1.39 bits per heavy atom. The number of H-pyrrole nitrogens is 2. The topological polar surface area (TPSA) is 80.6 Å². The number of aromatic amines is 2. The second kappa shape index (κ2) is 4.36. The van der Waals surface area contributed by atoms with E-state index in [1.54, 1.807) is 18.7 Å². The zero-order chi connectivity index (χ0) is 12.4. The standard InChI is InChI=1S/C11H9FN6/c12-11-17-9(8-10(18-11)16-6-15-8)14-5-7-2-1-3-13-4-7/h1-4,6H,5H2,(H2,14,15,16,17,18)/p+1. The van der Waals surface area contributed by atoms with Gasteiger partial charge in [0.05, 0.1) is 0 Å². The van der Waals surface area contributed by atoms with Crippen LogP contribution in [0.25, 0.3) is 11.2 Å². The molecule has 0 amide bonds. The molecule has 0 aliphatic carbocycles. The first-order valence-corrected chi connectivity index (χ1v) is 5.38. The van der Waals surface area contributed by atoms with Crippen molar-refractivity contribution in [2.75, 3.05) is 5.32 Å². The van der Waals surface area contributed by atoms with Crippen molar-refractivity contribution in [3.8, 4) is 0 Å². The van der Waals surface area contributed by atoms with Crippen LogP contribution in [-0.2, 0) is 6.54 Å². The molecule has 3 aromatic rings. The summed E-state index contributed by atoms with van der Waals surface area (Å²) >= 11 is 0. The first-order valence-electron chi connectivity index (χ1n) is 5.38. The maximum atomic E-state index is 13.2. The lowest BCUT2D eigenvalue weighted by Crippen LogP contribution is -2.07. The van der Waals surface area contributed by atoms with Crippen molar-refractivity contribution in [1.29, 1.82) is 0 Å². The quantitative estimate of drug-likeness (QED) is 0.672. The third kappa shape index (κ3) is 1.97. The molecule has 0 bridgehead atoms. The maximum Gasteiger partial charge on any atom is 0.386 e. The number of anilines is 1. The highest BCUT2D eigenvalue weighted by Crippen LogP contribution is 2.14. The first-order chi connectivity index (χ1) is 8.83. The van der Waals surface area contributed by atoms with Gasteiger partial charge < -0.3 is 5.32 Å². The van der Waals surface area contributed by atoms with E-state index in [9.17, 15) is 4.39 Å². The number of nitrogens with one attached hydrogen (secondary N) is 3. The number of hydrogen-bond acceptors (Lipinski definition) is 4. The molecule has 3 N–H and O–H groups in total. The largest absolute Gasteiger partial charge is 0.386 e. The molecule has 7 heteroatoms. The van der Waals surface area contributed by atoms with Gasteiger partial charge in [0.25, 0.3) is 0 Å². The monoisotopic (exact) mass is 245 g/mol. The summed E-state index contributed by atoms with van der Waals surface area (Å²) in [5, 5.41) is 3.05. The van der Waals surface area contributed by atoms with Crippen molar-refractivity contribution in [3.63, 3.8) is 0 Å². The number of fused-ring (bicyclic) bond motifs is 1. The van der Waals surface area contributed by atoms with E-state index in [1.807, 2.05) is 12.1 Å². The predicted molar refractivity (Wildman–Crippen MR) is 62.0 cm³/mol. The van der Waals surface area contributed by atoms with Crippen LogP contribution in [0.3, 0.4) is 0 Å². The Balaban J connectivity index is 1.88. The van der Waals surface area contributed by atoms with Gasteiger partial charge in [0.1, 0.15) is 0 Å². The van der Waals surface area contributed by atoms with Crippen molar-refractivity contribution in [3.05, 3.63) is 42.5 Å². The highest BCUT2D eigenvalue weighted by molar-refractivity contribution is 5.79. The third-order valence-electron chi connectivity index (χ3n) is 2.49. The van der Waals surface area contributed by atoms with E-state index in [0.717, 1.165) is 5.56 Å². The van der Waals surface area contributed by atoms with Crippen LogP contribution in [0.4, 0.5) is 10.2 Å². The summed E-state index contributed by atoms with van der Waals surface area (Å²) in [5.41, 5.74) is 2.05. The van der Waals surface area contributed by atoms with Crippen LogP contribution < -0.4 is 10.3 Å². The van der Waals surface area contributed by atoms with E-state index < -0.39 is 6.08 Å². The van der Waals surface area contributed by atoms with Gasteiger partial charge in [-0.15, -0.1) is 4.39 Å². The fourth-order valence-electron chi connectivity index (χ4n) is 1.67. The highest BCUT2D eigenvalue weighted by Gasteiger charge is 2.15. The van der Waals surface area contributed by atoms with Gasteiger partial charge in [-0.1, -0.05) is 6.07 Å². The second-order valence-corrected chi connectivity index (χ2v) is 3.71. The summed E-state index contributed by atoms with van der Waals surface area (Å²) in [6, 6.07) is 3.77. The number of nitrogens with zero attached hydrogens (tertiary/aromatic N) is 3. The Morgan fingerprint density at radius 3 is 3.17 bits per heavy atom. The van der Waals surface area contributed by atoms with Gasteiger partial charge >= 0.3 is 11.7 Å². The Hall–Kier alpha value is -2.57. The zero-order valence-electron chi connectivity index (χ0n) is 9.31. The highest BCUT2D eigenvalue weighted by atomic mass is 19.1. The van der Waals surface area contributed by atoms with Crippen molar-refractivity contribution in [2.45, 2.75) is 6.54 Å². The molecule has 0 radical (unpaired) electrons. The molecular formula is C11H10FN6+. The number of pyridine rings is 1. The lowest BCUT2D eigenvalue weighted by molar-refractivity contribution is -0.347. The van der Waals surface area contributed by atoms with Gasteiger partial charge in [-0.25, -0.2) is 4.98 Å². The van der Waals surface area contributed by atoms with E-state index in [0.29, 0.717) is 23.5 Å². The summed E-state index contributed by atoms with van der Waals surface area (Å²) in [6.07, 6.45) is 4.25. The van der Waals surface area contributed by atoms with E-state index in [1.165, 1.54) is 0 Å². The molecule has 0 unspecified atom stereocenters. The number of halogens is 1. The smallest absolute Gasteiger partial charge is 0.363 e. The lowest BCUT2D eigenvalue weighted by Gasteiger charge is -2.03. The van der Waals surface area contributed by atoms with Gasteiger partial charge in [-0.3, -0.25) is 9.97 Å².